The predicted molar refractivity (Wildman–Crippen MR) is 128 cm³/mol. The fourth-order valence-corrected chi connectivity index (χ4v) is 4.59. The Morgan fingerprint density at radius 3 is 2.44 bits per heavy atom. The smallest absolute Gasteiger partial charge is 0.273 e. The van der Waals surface area contributed by atoms with E-state index in [1.807, 2.05) is 54.3 Å². The van der Waals surface area contributed by atoms with Crippen molar-refractivity contribution < 1.29 is 4.79 Å². The largest absolute Gasteiger partial charge is 0.326 e. The lowest BCUT2D eigenvalue weighted by Crippen LogP contribution is -2.31. The van der Waals surface area contributed by atoms with E-state index in [1.54, 1.807) is 6.07 Å². The number of hydrogen-bond donors (Lipinski definition) is 1. The average molecular weight is 462 g/mol. The highest BCUT2D eigenvalue weighted by Gasteiger charge is 2.42. The van der Waals surface area contributed by atoms with Gasteiger partial charge in [0.05, 0.1) is 21.8 Å². The standard InChI is InChI=1S/C26H21Cl2N3O/c1-16-7-9-18(10-8-16)23-22-24(30-29-23)26(32)31(14-13-17-5-3-2-4-6-17)25(22)19-11-12-20(27)21(28)15-19/h2-12,15,25H,13-14H2,1H3,(H,29,30). The van der Waals surface area contributed by atoms with Crippen LogP contribution in [0, 0.1) is 6.92 Å². The molecule has 5 rings (SSSR count). The SMILES string of the molecule is Cc1ccc(-c2n[nH]c3c2C(c2ccc(Cl)c(Cl)c2)N(CCc2ccccc2)C3=O)cc1. The van der Waals surface area contributed by atoms with E-state index in [4.69, 9.17) is 23.2 Å². The van der Waals surface area contributed by atoms with Gasteiger partial charge in [-0.25, -0.2) is 0 Å². The van der Waals surface area contributed by atoms with Crippen LogP contribution in [0.5, 0.6) is 0 Å². The Bertz CT molecular complexity index is 1280. The summed E-state index contributed by atoms with van der Waals surface area (Å²) in [5, 5.41) is 8.48. The molecule has 0 fully saturated rings. The number of nitrogens with zero attached hydrogens (tertiary/aromatic N) is 2. The molecule has 3 aromatic carbocycles. The predicted octanol–water partition coefficient (Wildman–Crippen LogP) is 6.48. The van der Waals surface area contributed by atoms with E-state index in [1.165, 1.54) is 11.1 Å². The highest BCUT2D eigenvalue weighted by Crippen LogP contribution is 2.43. The molecule has 0 spiro atoms. The topological polar surface area (TPSA) is 49.0 Å². The molecule has 2 heterocycles. The first-order valence-electron chi connectivity index (χ1n) is 10.5. The molecule has 6 heteroatoms. The minimum absolute atomic E-state index is 0.0575. The van der Waals surface area contributed by atoms with Gasteiger partial charge in [0.25, 0.3) is 5.91 Å². The van der Waals surface area contributed by atoms with Crippen LogP contribution in [0.25, 0.3) is 11.3 Å². The van der Waals surface area contributed by atoms with Gasteiger partial charge >= 0.3 is 0 Å². The maximum atomic E-state index is 13.4. The number of halogens is 2. The zero-order valence-electron chi connectivity index (χ0n) is 17.5. The first kappa shape index (κ1) is 20.8. The number of benzene rings is 3. The number of fused-ring (bicyclic) bond motifs is 1. The van der Waals surface area contributed by atoms with E-state index in [-0.39, 0.29) is 11.9 Å². The molecular formula is C26H21Cl2N3O. The van der Waals surface area contributed by atoms with Crippen LogP contribution < -0.4 is 0 Å². The van der Waals surface area contributed by atoms with Gasteiger partial charge in [-0.15, -0.1) is 0 Å². The number of nitrogens with one attached hydrogen (secondary N) is 1. The Labute approximate surface area is 196 Å². The van der Waals surface area contributed by atoms with Crippen LogP contribution in [0.2, 0.25) is 10.0 Å². The molecule has 1 unspecified atom stereocenters. The number of carbonyl (C=O) groups is 1. The van der Waals surface area contributed by atoms with E-state index in [0.29, 0.717) is 22.3 Å². The molecule has 0 radical (unpaired) electrons. The molecule has 0 bridgehead atoms. The monoisotopic (exact) mass is 461 g/mol. The molecule has 0 saturated carbocycles. The van der Waals surface area contributed by atoms with Crippen molar-refractivity contribution in [3.8, 4) is 11.3 Å². The summed E-state index contributed by atoms with van der Waals surface area (Å²) in [6.45, 7) is 2.62. The number of rotatable bonds is 5. The summed E-state index contributed by atoms with van der Waals surface area (Å²) in [5.41, 5.74) is 6.43. The molecule has 1 aliphatic rings. The van der Waals surface area contributed by atoms with Gasteiger partial charge in [0, 0.05) is 17.7 Å². The molecule has 1 amide bonds. The number of aromatic amines is 1. The number of aromatic nitrogens is 2. The van der Waals surface area contributed by atoms with Crippen molar-refractivity contribution >= 4 is 29.1 Å². The minimum Gasteiger partial charge on any atom is -0.326 e. The van der Waals surface area contributed by atoms with Gasteiger partial charge in [0.15, 0.2) is 0 Å². The first-order chi connectivity index (χ1) is 15.5. The first-order valence-corrected chi connectivity index (χ1v) is 11.2. The maximum Gasteiger partial charge on any atom is 0.273 e. The molecule has 4 nitrogen and oxygen atoms in total. The van der Waals surface area contributed by atoms with Crippen LogP contribution in [0.15, 0.2) is 72.8 Å². The summed E-state index contributed by atoms with van der Waals surface area (Å²) in [6.07, 6.45) is 0.752. The van der Waals surface area contributed by atoms with E-state index < -0.39 is 0 Å². The van der Waals surface area contributed by atoms with Gasteiger partial charge in [-0.3, -0.25) is 9.89 Å². The summed E-state index contributed by atoms with van der Waals surface area (Å²) in [5.74, 6) is -0.0575. The maximum absolute atomic E-state index is 13.4. The third-order valence-electron chi connectivity index (χ3n) is 5.93. The van der Waals surface area contributed by atoms with Gasteiger partial charge < -0.3 is 4.90 Å². The Kier molecular flexibility index (Phi) is 5.50. The summed E-state index contributed by atoms with van der Waals surface area (Å²) < 4.78 is 0. The summed E-state index contributed by atoms with van der Waals surface area (Å²) in [4.78, 5) is 15.3. The van der Waals surface area contributed by atoms with Gasteiger partial charge in [-0.1, -0.05) is 89.4 Å². The van der Waals surface area contributed by atoms with Crippen molar-refractivity contribution in [2.24, 2.45) is 0 Å². The average Bonchev–Trinajstić information content (AvgIpc) is 3.34. The Balaban J connectivity index is 1.59. The van der Waals surface area contributed by atoms with Crippen molar-refractivity contribution in [1.82, 2.24) is 15.1 Å². The van der Waals surface area contributed by atoms with Crippen LogP contribution >= 0.6 is 23.2 Å². The molecule has 1 atom stereocenters. The van der Waals surface area contributed by atoms with Crippen LogP contribution in [0.3, 0.4) is 0 Å². The molecule has 0 aliphatic carbocycles. The van der Waals surface area contributed by atoms with Crippen LogP contribution in [0.1, 0.15) is 38.8 Å². The number of H-pyrrole nitrogens is 1. The quantitative estimate of drug-likeness (QED) is 0.369. The van der Waals surface area contributed by atoms with Crippen LogP contribution in [-0.4, -0.2) is 27.5 Å². The molecular weight excluding hydrogens is 441 g/mol. The van der Waals surface area contributed by atoms with Crippen molar-refractivity contribution in [2.75, 3.05) is 6.54 Å². The molecule has 160 valence electrons. The molecule has 1 N–H and O–H groups in total. The van der Waals surface area contributed by atoms with Crippen molar-refractivity contribution in [1.29, 1.82) is 0 Å². The van der Waals surface area contributed by atoms with E-state index >= 15 is 0 Å². The molecule has 1 aliphatic heterocycles. The number of amides is 1. The Morgan fingerprint density at radius 2 is 1.72 bits per heavy atom. The summed E-state index contributed by atoms with van der Waals surface area (Å²) in [6, 6.07) is 23.6. The molecule has 0 saturated heterocycles. The van der Waals surface area contributed by atoms with Gasteiger partial charge in [0.2, 0.25) is 0 Å². The Morgan fingerprint density at radius 1 is 0.969 bits per heavy atom. The third kappa shape index (κ3) is 3.70. The fraction of sp³-hybridized carbons (Fsp3) is 0.154. The number of aryl methyl sites for hydroxylation is 1. The van der Waals surface area contributed by atoms with E-state index in [2.05, 4.69) is 34.5 Å². The normalized spacial score (nSPS) is 15.3. The summed E-state index contributed by atoms with van der Waals surface area (Å²) >= 11 is 12.5. The van der Waals surface area contributed by atoms with Gasteiger partial charge in [0.1, 0.15) is 5.69 Å². The lowest BCUT2D eigenvalue weighted by molar-refractivity contribution is 0.0746. The van der Waals surface area contributed by atoms with Crippen molar-refractivity contribution in [2.45, 2.75) is 19.4 Å². The van der Waals surface area contributed by atoms with Crippen molar-refractivity contribution in [3.05, 3.63) is 111 Å². The van der Waals surface area contributed by atoms with Crippen LogP contribution in [0.4, 0.5) is 0 Å². The molecule has 4 aromatic rings. The number of hydrogen-bond acceptors (Lipinski definition) is 2. The zero-order chi connectivity index (χ0) is 22.2. The minimum atomic E-state index is -0.300. The third-order valence-corrected chi connectivity index (χ3v) is 6.67. The lowest BCUT2D eigenvalue weighted by Gasteiger charge is -2.26. The molecule has 32 heavy (non-hydrogen) atoms. The second-order valence-electron chi connectivity index (χ2n) is 8.04. The highest BCUT2D eigenvalue weighted by molar-refractivity contribution is 6.42. The highest BCUT2D eigenvalue weighted by atomic mass is 35.5. The van der Waals surface area contributed by atoms with Crippen molar-refractivity contribution in [3.63, 3.8) is 0 Å². The zero-order valence-corrected chi connectivity index (χ0v) is 19.0. The van der Waals surface area contributed by atoms with E-state index in [0.717, 1.165) is 28.8 Å². The Hall–Kier alpha value is -3.08. The second-order valence-corrected chi connectivity index (χ2v) is 8.85. The van der Waals surface area contributed by atoms with E-state index in [9.17, 15) is 4.79 Å². The second kappa shape index (κ2) is 8.45. The summed E-state index contributed by atoms with van der Waals surface area (Å²) in [7, 11) is 0. The fourth-order valence-electron chi connectivity index (χ4n) is 4.28. The molecule has 1 aromatic heterocycles. The van der Waals surface area contributed by atoms with Gasteiger partial charge in [-0.2, -0.15) is 5.10 Å². The van der Waals surface area contributed by atoms with Crippen LogP contribution in [-0.2, 0) is 6.42 Å². The number of carbonyl (C=O) groups excluding carboxylic acids is 1. The van der Waals surface area contributed by atoms with Gasteiger partial charge in [-0.05, 0) is 36.6 Å². The lowest BCUT2D eigenvalue weighted by atomic mass is 9.95.